The number of para-hydroxylation sites is 1. The van der Waals surface area contributed by atoms with Gasteiger partial charge in [0.25, 0.3) is 0 Å². The lowest BCUT2D eigenvalue weighted by Crippen LogP contribution is -2.35. The summed E-state index contributed by atoms with van der Waals surface area (Å²) in [6, 6.07) is 4.79. The van der Waals surface area contributed by atoms with E-state index in [-0.39, 0.29) is 31.1 Å². The maximum atomic E-state index is 13.0. The summed E-state index contributed by atoms with van der Waals surface area (Å²) >= 11 is 0. The van der Waals surface area contributed by atoms with E-state index in [1.165, 1.54) is 24.3 Å². The van der Waals surface area contributed by atoms with Crippen molar-refractivity contribution in [3.05, 3.63) is 42.5 Å². The summed E-state index contributed by atoms with van der Waals surface area (Å²) in [7, 11) is 0. The van der Waals surface area contributed by atoms with Crippen LogP contribution in [0.1, 0.15) is 18.9 Å². The SMILES string of the molecule is C=CCNC(=O)CCN(C(C)=O)c1ccccc1C(F)(F)F. The van der Waals surface area contributed by atoms with E-state index in [0.29, 0.717) is 0 Å². The van der Waals surface area contributed by atoms with Crippen molar-refractivity contribution in [2.75, 3.05) is 18.0 Å². The minimum Gasteiger partial charge on any atom is -0.353 e. The molecular formula is C15H17F3N2O2. The van der Waals surface area contributed by atoms with Crippen LogP contribution in [0.4, 0.5) is 18.9 Å². The van der Waals surface area contributed by atoms with Gasteiger partial charge in [-0.15, -0.1) is 6.58 Å². The molecule has 1 N–H and O–H groups in total. The number of halogens is 3. The largest absolute Gasteiger partial charge is 0.418 e. The van der Waals surface area contributed by atoms with Gasteiger partial charge >= 0.3 is 6.18 Å². The monoisotopic (exact) mass is 314 g/mol. The van der Waals surface area contributed by atoms with Gasteiger partial charge in [0.05, 0.1) is 11.3 Å². The number of nitrogens with one attached hydrogen (secondary N) is 1. The third-order valence-corrected chi connectivity index (χ3v) is 2.89. The van der Waals surface area contributed by atoms with E-state index >= 15 is 0 Å². The van der Waals surface area contributed by atoms with E-state index in [1.807, 2.05) is 0 Å². The Balaban J connectivity index is 2.95. The van der Waals surface area contributed by atoms with Crippen molar-refractivity contribution in [2.24, 2.45) is 0 Å². The molecule has 22 heavy (non-hydrogen) atoms. The number of carbonyl (C=O) groups is 2. The predicted octanol–water partition coefficient (Wildman–Crippen LogP) is 2.75. The van der Waals surface area contributed by atoms with Gasteiger partial charge in [-0.1, -0.05) is 18.2 Å². The van der Waals surface area contributed by atoms with Gasteiger partial charge in [-0.25, -0.2) is 0 Å². The van der Waals surface area contributed by atoms with Gasteiger partial charge in [-0.3, -0.25) is 9.59 Å². The molecule has 0 heterocycles. The molecule has 1 aromatic carbocycles. The lowest BCUT2D eigenvalue weighted by Gasteiger charge is -2.24. The van der Waals surface area contributed by atoms with E-state index in [2.05, 4.69) is 11.9 Å². The smallest absolute Gasteiger partial charge is 0.353 e. The van der Waals surface area contributed by atoms with Gasteiger partial charge in [0.1, 0.15) is 0 Å². The van der Waals surface area contributed by atoms with Gasteiger partial charge in [0.15, 0.2) is 0 Å². The lowest BCUT2D eigenvalue weighted by atomic mass is 10.1. The zero-order chi connectivity index (χ0) is 16.8. The fourth-order valence-corrected chi connectivity index (χ4v) is 1.88. The molecule has 0 saturated carbocycles. The standard InChI is InChI=1S/C15H17F3N2O2/c1-3-9-19-14(22)8-10-20(11(2)21)13-7-5-4-6-12(13)15(16,17)18/h3-7H,1,8-10H2,2H3,(H,19,22). The molecule has 0 radical (unpaired) electrons. The van der Waals surface area contributed by atoms with Crippen molar-refractivity contribution in [1.29, 1.82) is 0 Å². The first-order chi connectivity index (χ1) is 10.3. The molecule has 0 aliphatic carbocycles. The molecule has 4 nitrogen and oxygen atoms in total. The minimum absolute atomic E-state index is 0.0976. The van der Waals surface area contributed by atoms with Crippen LogP contribution in [0.3, 0.4) is 0 Å². The first kappa shape index (κ1) is 17.7. The fourth-order valence-electron chi connectivity index (χ4n) is 1.88. The average molecular weight is 314 g/mol. The molecular weight excluding hydrogens is 297 g/mol. The highest BCUT2D eigenvalue weighted by atomic mass is 19.4. The highest BCUT2D eigenvalue weighted by molar-refractivity contribution is 5.93. The fraction of sp³-hybridized carbons (Fsp3) is 0.333. The van der Waals surface area contributed by atoms with E-state index in [4.69, 9.17) is 0 Å². The van der Waals surface area contributed by atoms with Crippen LogP contribution in [-0.2, 0) is 15.8 Å². The second-order valence-electron chi connectivity index (χ2n) is 4.53. The van der Waals surface area contributed by atoms with Gasteiger partial charge in [0, 0.05) is 26.4 Å². The zero-order valence-electron chi connectivity index (χ0n) is 12.1. The van der Waals surface area contributed by atoms with Crippen molar-refractivity contribution in [3.8, 4) is 0 Å². The minimum atomic E-state index is -4.57. The average Bonchev–Trinajstić information content (AvgIpc) is 2.44. The van der Waals surface area contributed by atoms with E-state index < -0.39 is 17.6 Å². The van der Waals surface area contributed by atoms with Crippen LogP contribution in [0.25, 0.3) is 0 Å². The van der Waals surface area contributed by atoms with Crippen LogP contribution in [0.5, 0.6) is 0 Å². The zero-order valence-corrected chi connectivity index (χ0v) is 12.1. The molecule has 0 fully saturated rings. The summed E-state index contributed by atoms with van der Waals surface area (Å²) in [6.07, 6.45) is -3.19. The highest BCUT2D eigenvalue weighted by Gasteiger charge is 2.35. The highest BCUT2D eigenvalue weighted by Crippen LogP contribution is 2.36. The van der Waals surface area contributed by atoms with Gasteiger partial charge in [-0.05, 0) is 12.1 Å². The molecule has 0 saturated heterocycles. The molecule has 1 rings (SSSR count). The van der Waals surface area contributed by atoms with E-state index in [0.717, 1.165) is 17.9 Å². The Bertz CT molecular complexity index is 556. The first-order valence-corrected chi connectivity index (χ1v) is 6.59. The normalized spacial score (nSPS) is 10.9. The number of anilines is 1. The number of amides is 2. The molecule has 0 bridgehead atoms. The number of hydrogen-bond acceptors (Lipinski definition) is 2. The molecule has 0 unspecified atom stereocenters. The number of alkyl halides is 3. The van der Waals surface area contributed by atoms with Gasteiger partial charge in [0.2, 0.25) is 11.8 Å². The van der Waals surface area contributed by atoms with Crippen molar-refractivity contribution in [3.63, 3.8) is 0 Å². The van der Waals surface area contributed by atoms with Gasteiger partial charge < -0.3 is 10.2 Å². The van der Waals surface area contributed by atoms with E-state index in [1.54, 1.807) is 0 Å². The molecule has 120 valence electrons. The second-order valence-corrected chi connectivity index (χ2v) is 4.53. The second kappa shape index (κ2) is 7.63. The summed E-state index contributed by atoms with van der Waals surface area (Å²) in [4.78, 5) is 24.1. The summed E-state index contributed by atoms with van der Waals surface area (Å²) in [6.45, 7) is 4.73. The molecule has 0 aliphatic heterocycles. The quantitative estimate of drug-likeness (QED) is 0.821. The predicted molar refractivity (Wildman–Crippen MR) is 77.3 cm³/mol. The van der Waals surface area contributed by atoms with E-state index in [9.17, 15) is 22.8 Å². The lowest BCUT2D eigenvalue weighted by molar-refractivity contribution is -0.137. The maximum absolute atomic E-state index is 13.0. The van der Waals surface area contributed by atoms with Gasteiger partial charge in [-0.2, -0.15) is 13.2 Å². The van der Waals surface area contributed by atoms with Crippen molar-refractivity contribution < 1.29 is 22.8 Å². The Kier molecular flexibility index (Phi) is 6.15. The molecule has 7 heteroatoms. The Morgan fingerprint density at radius 2 is 1.95 bits per heavy atom. The Morgan fingerprint density at radius 3 is 2.50 bits per heavy atom. The molecule has 2 amide bonds. The molecule has 0 aromatic heterocycles. The number of carbonyl (C=O) groups excluding carboxylic acids is 2. The molecule has 1 aromatic rings. The number of hydrogen-bond donors (Lipinski definition) is 1. The van der Waals surface area contributed by atoms with Crippen LogP contribution in [0.15, 0.2) is 36.9 Å². The number of benzene rings is 1. The van der Waals surface area contributed by atoms with Crippen LogP contribution >= 0.6 is 0 Å². The Morgan fingerprint density at radius 1 is 1.32 bits per heavy atom. The molecule has 0 aliphatic rings. The molecule has 0 atom stereocenters. The summed E-state index contributed by atoms with van der Waals surface area (Å²) in [5.74, 6) is -0.927. The summed E-state index contributed by atoms with van der Waals surface area (Å²) < 4.78 is 39.0. The third kappa shape index (κ3) is 4.91. The number of rotatable bonds is 6. The van der Waals surface area contributed by atoms with Crippen LogP contribution in [-0.4, -0.2) is 24.9 Å². The number of nitrogens with zero attached hydrogens (tertiary/aromatic N) is 1. The first-order valence-electron chi connectivity index (χ1n) is 6.59. The topological polar surface area (TPSA) is 49.4 Å². The Labute approximate surface area is 126 Å². The van der Waals surface area contributed by atoms with Crippen molar-refractivity contribution in [2.45, 2.75) is 19.5 Å². The molecule has 0 spiro atoms. The third-order valence-electron chi connectivity index (χ3n) is 2.89. The summed E-state index contributed by atoms with van der Waals surface area (Å²) in [5, 5.41) is 2.51. The van der Waals surface area contributed by atoms with Crippen LogP contribution in [0.2, 0.25) is 0 Å². The van der Waals surface area contributed by atoms with Crippen LogP contribution in [0, 0.1) is 0 Å². The maximum Gasteiger partial charge on any atom is 0.418 e. The Hall–Kier alpha value is -2.31. The summed E-state index contributed by atoms with van der Waals surface area (Å²) in [5.41, 5.74) is -1.16. The van der Waals surface area contributed by atoms with Crippen molar-refractivity contribution >= 4 is 17.5 Å². The van der Waals surface area contributed by atoms with Crippen molar-refractivity contribution in [1.82, 2.24) is 5.32 Å². The van der Waals surface area contributed by atoms with Crippen LogP contribution < -0.4 is 10.2 Å².